The van der Waals surface area contributed by atoms with E-state index in [1.165, 1.54) is 0 Å². The zero-order chi connectivity index (χ0) is 12.3. The molecule has 0 spiro atoms. The van der Waals surface area contributed by atoms with Crippen LogP contribution in [-0.4, -0.2) is 23.5 Å². The number of amides is 1. The molecule has 1 fully saturated rings. The highest BCUT2D eigenvalue weighted by atomic mass is 127. The van der Waals surface area contributed by atoms with Crippen molar-refractivity contribution in [3.8, 4) is 0 Å². The minimum Gasteiger partial charge on any atom is -0.349 e. The van der Waals surface area contributed by atoms with Gasteiger partial charge in [0.1, 0.15) is 0 Å². The van der Waals surface area contributed by atoms with Crippen LogP contribution in [0.2, 0.25) is 0 Å². The quantitative estimate of drug-likeness (QED) is 0.732. The van der Waals surface area contributed by atoms with Crippen molar-refractivity contribution in [2.75, 3.05) is 11.5 Å². The molecular formula is C12H13BrINOS. The van der Waals surface area contributed by atoms with Gasteiger partial charge >= 0.3 is 0 Å². The number of thioether (sulfide) groups is 1. The molecule has 0 saturated carbocycles. The summed E-state index contributed by atoms with van der Waals surface area (Å²) in [5.74, 6) is 2.34. The number of nitrogens with one attached hydrogen (secondary N) is 1. The number of rotatable bonds is 2. The highest BCUT2D eigenvalue weighted by Gasteiger charge is 2.18. The third kappa shape index (κ3) is 3.86. The van der Waals surface area contributed by atoms with Crippen molar-refractivity contribution in [3.63, 3.8) is 0 Å². The molecule has 1 aliphatic rings. The Labute approximate surface area is 128 Å². The summed E-state index contributed by atoms with van der Waals surface area (Å²) in [6.07, 6.45) is 2.16. The van der Waals surface area contributed by atoms with E-state index in [4.69, 9.17) is 0 Å². The summed E-state index contributed by atoms with van der Waals surface area (Å²) in [5, 5.41) is 3.12. The van der Waals surface area contributed by atoms with E-state index in [2.05, 4.69) is 43.8 Å². The molecule has 0 aliphatic carbocycles. The van der Waals surface area contributed by atoms with Crippen LogP contribution in [0.15, 0.2) is 22.7 Å². The first kappa shape index (κ1) is 13.7. The van der Waals surface area contributed by atoms with Crippen LogP contribution in [0.1, 0.15) is 23.2 Å². The van der Waals surface area contributed by atoms with Crippen molar-refractivity contribution in [2.45, 2.75) is 18.9 Å². The molecule has 2 nitrogen and oxygen atoms in total. The van der Waals surface area contributed by atoms with Gasteiger partial charge in [0.2, 0.25) is 0 Å². The Bertz CT molecular complexity index is 421. The number of benzene rings is 1. The molecule has 17 heavy (non-hydrogen) atoms. The van der Waals surface area contributed by atoms with E-state index >= 15 is 0 Å². The molecule has 0 radical (unpaired) electrons. The van der Waals surface area contributed by atoms with Gasteiger partial charge in [-0.25, -0.2) is 0 Å². The third-order valence-electron chi connectivity index (χ3n) is 2.73. The topological polar surface area (TPSA) is 29.1 Å². The van der Waals surface area contributed by atoms with Crippen molar-refractivity contribution in [2.24, 2.45) is 0 Å². The number of hydrogen-bond acceptors (Lipinski definition) is 2. The fraction of sp³-hybridized carbons (Fsp3) is 0.417. The second kappa shape index (κ2) is 6.43. The predicted octanol–water partition coefficient (Wildman–Crippen LogP) is 3.68. The van der Waals surface area contributed by atoms with Crippen LogP contribution in [0, 0.1) is 3.57 Å². The molecule has 1 heterocycles. The Balaban J connectivity index is 2.05. The molecule has 1 aromatic carbocycles. The summed E-state index contributed by atoms with van der Waals surface area (Å²) in [5.41, 5.74) is 0.732. The summed E-state index contributed by atoms with van der Waals surface area (Å²) in [6, 6.07) is 6.16. The molecular weight excluding hydrogens is 413 g/mol. The molecule has 1 amide bonds. The maximum Gasteiger partial charge on any atom is 0.252 e. The van der Waals surface area contributed by atoms with Crippen LogP contribution >= 0.6 is 50.3 Å². The highest BCUT2D eigenvalue weighted by Crippen LogP contribution is 2.21. The molecule has 1 aromatic rings. The maximum absolute atomic E-state index is 12.1. The van der Waals surface area contributed by atoms with Crippen LogP contribution in [0.3, 0.4) is 0 Å². The fourth-order valence-electron chi connectivity index (χ4n) is 1.78. The Morgan fingerprint density at radius 3 is 2.82 bits per heavy atom. The third-order valence-corrected chi connectivity index (χ3v) is 5.14. The predicted molar refractivity (Wildman–Crippen MR) is 84.7 cm³/mol. The monoisotopic (exact) mass is 425 g/mol. The largest absolute Gasteiger partial charge is 0.349 e. The normalized spacial score (nSPS) is 16.8. The van der Waals surface area contributed by atoms with Gasteiger partial charge in [0, 0.05) is 14.1 Å². The van der Waals surface area contributed by atoms with Crippen LogP contribution < -0.4 is 5.32 Å². The molecule has 0 atom stereocenters. The van der Waals surface area contributed by atoms with Crippen LogP contribution in [0.4, 0.5) is 0 Å². The van der Waals surface area contributed by atoms with Crippen molar-refractivity contribution < 1.29 is 4.79 Å². The van der Waals surface area contributed by atoms with Crippen molar-refractivity contribution in [1.29, 1.82) is 0 Å². The van der Waals surface area contributed by atoms with Gasteiger partial charge in [-0.15, -0.1) is 0 Å². The second-order valence-corrected chi connectivity index (χ2v) is 7.31. The van der Waals surface area contributed by atoms with E-state index in [0.29, 0.717) is 6.04 Å². The number of carbonyl (C=O) groups is 1. The molecule has 2 rings (SSSR count). The van der Waals surface area contributed by atoms with Crippen LogP contribution in [0.5, 0.6) is 0 Å². The summed E-state index contributed by atoms with van der Waals surface area (Å²) in [6.45, 7) is 0. The molecule has 1 N–H and O–H groups in total. The van der Waals surface area contributed by atoms with E-state index < -0.39 is 0 Å². The van der Waals surface area contributed by atoms with Crippen molar-refractivity contribution in [1.82, 2.24) is 5.32 Å². The first-order chi connectivity index (χ1) is 8.16. The lowest BCUT2D eigenvalue weighted by molar-refractivity contribution is 0.0934. The lowest BCUT2D eigenvalue weighted by Crippen LogP contribution is -2.37. The average molecular weight is 426 g/mol. The lowest BCUT2D eigenvalue weighted by atomic mass is 10.1. The number of carbonyl (C=O) groups excluding carboxylic acids is 1. The zero-order valence-corrected chi connectivity index (χ0v) is 13.8. The molecule has 92 valence electrons. The summed E-state index contributed by atoms with van der Waals surface area (Å²) in [4.78, 5) is 12.1. The van der Waals surface area contributed by atoms with Gasteiger partial charge in [0.25, 0.3) is 5.91 Å². The number of hydrogen-bond donors (Lipinski definition) is 1. The standard InChI is InChI=1S/C12H13BrINOS/c13-11-2-1-8(14)7-10(11)12(16)15-9-3-5-17-6-4-9/h1-2,7,9H,3-6H2,(H,15,16). The molecule has 0 unspecified atom stereocenters. The first-order valence-corrected chi connectivity index (χ1v) is 8.53. The van der Waals surface area contributed by atoms with Crippen molar-refractivity contribution in [3.05, 3.63) is 31.8 Å². The minimum absolute atomic E-state index is 0.0345. The summed E-state index contributed by atoms with van der Waals surface area (Å²) in [7, 11) is 0. The minimum atomic E-state index is 0.0345. The average Bonchev–Trinajstić information content (AvgIpc) is 2.33. The number of halogens is 2. The molecule has 0 bridgehead atoms. The van der Waals surface area contributed by atoms with Crippen molar-refractivity contribution >= 4 is 56.2 Å². The van der Waals surface area contributed by atoms with E-state index in [-0.39, 0.29) is 5.91 Å². The first-order valence-electron chi connectivity index (χ1n) is 5.50. The summed E-state index contributed by atoms with van der Waals surface area (Å²) >= 11 is 7.62. The highest BCUT2D eigenvalue weighted by molar-refractivity contribution is 14.1. The Morgan fingerprint density at radius 2 is 2.12 bits per heavy atom. The zero-order valence-electron chi connectivity index (χ0n) is 9.21. The van der Waals surface area contributed by atoms with Gasteiger partial charge < -0.3 is 5.32 Å². The molecule has 1 aliphatic heterocycles. The smallest absolute Gasteiger partial charge is 0.252 e. The Kier molecular flexibility index (Phi) is 5.17. The second-order valence-electron chi connectivity index (χ2n) is 3.98. The lowest BCUT2D eigenvalue weighted by Gasteiger charge is -2.22. The van der Waals surface area contributed by atoms with Gasteiger partial charge in [-0.2, -0.15) is 11.8 Å². The molecule has 1 saturated heterocycles. The van der Waals surface area contributed by atoms with Gasteiger partial charge in [-0.05, 0) is 81.1 Å². The molecule has 5 heteroatoms. The van der Waals surface area contributed by atoms with E-state index in [1.54, 1.807) is 0 Å². The Morgan fingerprint density at radius 1 is 1.41 bits per heavy atom. The van der Waals surface area contributed by atoms with Gasteiger partial charge in [-0.3, -0.25) is 4.79 Å². The fourth-order valence-corrected chi connectivity index (χ4v) is 3.80. The van der Waals surface area contributed by atoms with E-state index in [0.717, 1.165) is 38.0 Å². The Hall–Kier alpha value is 0.250. The summed E-state index contributed by atoms with van der Waals surface area (Å²) < 4.78 is 1.94. The van der Waals surface area contributed by atoms with Crippen LogP contribution in [0.25, 0.3) is 0 Å². The van der Waals surface area contributed by atoms with Crippen LogP contribution in [-0.2, 0) is 0 Å². The SMILES string of the molecule is O=C(NC1CCSCC1)c1cc(I)ccc1Br. The molecule has 0 aromatic heterocycles. The van der Waals surface area contributed by atoms with Gasteiger partial charge in [0.05, 0.1) is 5.56 Å². The maximum atomic E-state index is 12.1. The van der Waals surface area contributed by atoms with Gasteiger partial charge in [-0.1, -0.05) is 0 Å². The van der Waals surface area contributed by atoms with E-state index in [1.807, 2.05) is 30.0 Å². The van der Waals surface area contributed by atoms with E-state index in [9.17, 15) is 4.79 Å². The van der Waals surface area contributed by atoms with Gasteiger partial charge in [0.15, 0.2) is 0 Å².